The summed E-state index contributed by atoms with van der Waals surface area (Å²) in [5.41, 5.74) is 0.982. The lowest BCUT2D eigenvalue weighted by Crippen LogP contribution is -2.20. The molecular formula is C17H21NO2. The fraction of sp³-hybridized carbons (Fsp3) is 0.412. The van der Waals surface area contributed by atoms with Gasteiger partial charge in [-0.15, -0.1) is 0 Å². The van der Waals surface area contributed by atoms with Crippen molar-refractivity contribution in [3.63, 3.8) is 0 Å². The van der Waals surface area contributed by atoms with E-state index in [9.17, 15) is 5.11 Å². The molecule has 0 amide bonds. The van der Waals surface area contributed by atoms with E-state index in [1.54, 1.807) is 6.07 Å². The van der Waals surface area contributed by atoms with Crippen molar-refractivity contribution >= 4 is 10.8 Å². The molecule has 0 aromatic heterocycles. The van der Waals surface area contributed by atoms with Crippen LogP contribution in [0.4, 0.5) is 0 Å². The Balaban J connectivity index is 1.63. The third kappa shape index (κ3) is 2.94. The van der Waals surface area contributed by atoms with Crippen molar-refractivity contribution in [3.05, 3.63) is 42.0 Å². The summed E-state index contributed by atoms with van der Waals surface area (Å²) < 4.78 is 5.61. The third-order valence-corrected chi connectivity index (χ3v) is 3.98. The maximum Gasteiger partial charge on any atom is 0.120 e. The minimum Gasteiger partial charge on any atom is -0.508 e. The van der Waals surface area contributed by atoms with Gasteiger partial charge in [0.25, 0.3) is 0 Å². The SMILES string of the molecule is Oc1ccc2ccccc2c1CNCCC1CCCO1. The highest BCUT2D eigenvalue weighted by Crippen LogP contribution is 2.26. The van der Waals surface area contributed by atoms with E-state index in [-0.39, 0.29) is 0 Å². The molecule has 106 valence electrons. The molecule has 20 heavy (non-hydrogen) atoms. The molecule has 2 aromatic rings. The van der Waals surface area contributed by atoms with Crippen molar-refractivity contribution in [1.82, 2.24) is 5.32 Å². The number of hydrogen-bond acceptors (Lipinski definition) is 3. The van der Waals surface area contributed by atoms with Gasteiger partial charge in [0.2, 0.25) is 0 Å². The van der Waals surface area contributed by atoms with Crippen LogP contribution in [0.25, 0.3) is 10.8 Å². The molecule has 1 atom stereocenters. The number of nitrogens with one attached hydrogen (secondary N) is 1. The third-order valence-electron chi connectivity index (χ3n) is 3.98. The molecule has 1 aliphatic rings. The van der Waals surface area contributed by atoms with Crippen LogP contribution in [0, 0.1) is 0 Å². The molecule has 3 nitrogen and oxygen atoms in total. The molecule has 3 rings (SSSR count). The van der Waals surface area contributed by atoms with Gasteiger partial charge in [-0.05, 0) is 42.6 Å². The van der Waals surface area contributed by atoms with E-state index in [1.165, 1.54) is 18.2 Å². The first-order chi connectivity index (χ1) is 9.84. The summed E-state index contributed by atoms with van der Waals surface area (Å²) in [5.74, 6) is 0.369. The van der Waals surface area contributed by atoms with Crippen LogP contribution in [0.15, 0.2) is 36.4 Å². The Hall–Kier alpha value is -1.58. The van der Waals surface area contributed by atoms with Gasteiger partial charge in [-0.2, -0.15) is 0 Å². The Morgan fingerprint density at radius 1 is 1.20 bits per heavy atom. The van der Waals surface area contributed by atoms with Gasteiger partial charge in [-0.25, -0.2) is 0 Å². The largest absolute Gasteiger partial charge is 0.508 e. The quantitative estimate of drug-likeness (QED) is 0.821. The van der Waals surface area contributed by atoms with Crippen LogP contribution in [-0.2, 0) is 11.3 Å². The Kier molecular flexibility index (Phi) is 4.19. The molecule has 1 saturated heterocycles. The van der Waals surface area contributed by atoms with Crippen LogP contribution >= 0.6 is 0 Å². The zero-order valence-corrected chi connectivity index (χ0v) is 11.6. The Morgan fingerprint density at radius 2 is 2.10 bits per heavy atom. The van der Waals surface area contributed by atoms with Gasteiger partial charge in [0, 0.05) is 18.7 Å². The van der Waals surface area contributed by atoms with Crippen LogP contribution in [0.3, 0.4) is 0 Å². The number of phenolic OH excluding ortho intramolecular Hbond substituents is 1. The van der Waals surface area contributed by atoms with Crippen molar-refractivity contribution in [2.75, 3.05) is 13.2 Å². The molecule has 0 saturated carbocycles. The van der Waals surface area contributed by atoms with E-state index in [2.05, 4.69) is 17.4 Å². The first-order valence-corrected chi connectivity index (χ1v) is 7.36. The fourth-order valence-electron chi connectivity index (χ4n) is 2.86. The molecule has 1 unspecified atom stereocenters. The first-order valence-electron chi connectivity index (χ1n) is 7.36. The monoisotopic (exact) mass is 271 g/mol. The normalized spacial score (nSPS) is 18.7. The summed E-state index contributed by atoms with van der Waals surface area (Å²) in [6.45, 7) is 2.53. The molecular weight excluding hydrogens is 250 g/mol. The summed E-state index contributed by atoms with van der Waals surface area (Å²) >= 11 is 0. The van der Waals surface area contributed by atoms with Crippen molar-refractivity contribution < 1.29 is 9.84 Å². The summed E-state index contributed by atoms with van der Waals surface area (Å²) in [5, 5.41) is 15.8. The average Bonchev–Trinajstić information content (AvgIpc) is 2.98. The van der Waals surface area contributed by atoms with E-state index in [4.69, 9.17) is 4.74 Å². The van der Waals surface area contributed by atoms with E-state index >= 15 is 0 Å². The number of phenols is 1. The lowest BCUT2D eigenvalue weighted by Gasteiger charge is -2.12. The van der Waals surface area contributed by atoms with Crippen LogP contribution in [0.2, 0.25) is 0 Å². The molecule has 0 bridgehead atoms. The van der Waals surface area contributed by atoms with Crippen molar-refractivity contribution in [2.24, 2.45) is 0 Å². The Bertz CT molecular complexity index is 576. The second-order valence-electron chi connectivity index (χ2n) is 5.38. The molecule has 1 fully saturated rings. The summed E-state index contributed by atoms with van der Waals surface area (Å²) in [6, 6.07) is 11.9. The lowest BCUT2D eigenvalue weighted by molar-refractivity contribution is 0.104. The van der Waals surface area contributed by atoms with Crippen molar-refractivity contribution in [3.8, 4) is 5.75 Å². The van der Waals surface area contributed by atoms with Gasteiger partial charge >= 0.3 is 0 Å². The predicted molar refractivity (Wildman–Crippen MR) is 80.9 cm³/mol. The van der Waals surface area contributed by atoms with Gasteiger partial charge in [0.15, 0.2) is 0 Å². The summed E-state index contributed by atoms with van der Waals surface area (Å²) in [6.07, 6.45) is 3.84. The molecule has 0 radical (unpaired) electrons. The smallest absolute Gasteiger partial charge is 0.120 e. The number of hydrogen-bond donors (Lipinski definition) is 2. The molecule has 1 heterocycles. The summed E-state index contributed by atoms with van der Waals surface area (Å²) in [4.78, 5) is 0. The number of ether oxygens (including phenoxy) is 1. The first kappa shape index (κ1) is 13.4. The van der Waals surface area contributed by atoms with Gasteiger partial charge in [-0.1, -0.05) is 30.3 Å². The molecule has 1 aliphatic heterocycles. The molecule has 2 aromatic carbocycles. The predicted octanol–water partition coefficient (Wildman–Crippen LogP) is 3.20. The van der Waals surface area contributed by atoms with Gasteiger partial charge in [0.05, 0.1) is 6.10 Å². The number of benzene rings is 2. The van der Waals surface area contributed by atoms with E-state index in [1.807, 2.05) is 18.2 Å². The molecule has 3 heteroatoms. The van der Waals surface area contributed by atoms with Crippen LogP contribution < -0.4 is 5.32 Å². The minimum absolute atomic E-state index is 0.369. The highest BCUT2D eigenvalue weighted by molar-refractivity contribution is 5.87. The molecule has 0 spiro atoms. The van der Waals surface area contributed by atoms with Crippen molar-refractivity contribution in [1.29, 1.82) is 0 Å². The van der Waals surface area contributed by atoms with Crippen LogP contribution in [0.1, 0.15) is 24.8 Å². The second kappa shape index (κ2) is 6.25. The van der Waals surface area contributed by atoms with Gasteiger partial charge in [0.1, 0.15) is 5.75 Å². The Morgan fingerprint density at radius 3 is 2.95 bits per heavy atom. The summed E-state index contributed by atoms with van der Waals surface area (Å²) in [7, 11) is 0. The number of rotatable bonds is 5. The molecule has 2 N–H and O–H groups in total. The van der Waals surface area contributed by atoms with E-state index < -0.39 is 0 Å². The van der Waals surface area contributed by atoms with E-state index in [0.29, 0.717) is 18.4 Å². The topological polar surface area (TPSA) is 41.5 Å². The van der Waals surface area contributed by atoms with Crippen LogP contribution in [-0.4, -0.2) is 24.4 Å². The average molecular weight is 271 g/mol. The minimum atomic E-state index is 0.369. The lowest BCUT2D eigenvalue weighted by atomic mass is 10.0. The van der Waals surface area contributed by atoms with Crippen LogP contribution in [0.5, 0.6) is 5.75 Å². The molecule has 0 aliphatic carbocycles. The Labute approximate surface area is 119 Å². The van der Waals surface area contributed by atoms with E-state index in [0.717, 1.165) is 30.5 Å². The van der Waals surface area contributed by atoms with Crippen molar-refractivity contribution in [2.45, 2.75) is 31.9 Å². The highest BCUT2D eigenvalue weighted by atomic mass is 16.5. The number of fused-ring (bicyclic) bond motifs is 1. The maximum absolute atomic E-state index is 10.1. The van der Waals surface area contributed by atoms with Gasteiger partial charge in [-0.3, -0.25) is 0 Å². The number of aromatic hydroxyl groups is 1. The van der Waals surface area contributed by atoms with Gasteiger partial charge < -0.3 is 15.2 Å². The zero-order valence-electron chi connectivity index (χ0n) is 11.6. The second-order valence-corrected chi connectivity index (χ2v) is 5.38. The standard InChI is InChI=1S/C17H21NO2/c19-17-8-7-13-4-1-2-6-15(13)16(17)12-18-10-9-14-5-3-11-20-14/h1-2,4,6-8,14,18-19H,3,5,9-12H2. The zero-order chi connectivity index (χ0) is 13.8. The maximum atomic E-state index is 10.1. The fourth-order valence-corrected chi connectivity index (χ4v) is 2.86. The highest BCUT2D eigenvalue weighted by Gasteiger charge is 2.14.